The zero-order valence-electron chi connectivity index (χ0n) is 15.1. The summed E-state index contributed by atoms with van der Waals surface area (Å²) in [5, 5.41) is 13.6. The van der Waals surface area contributed by atoms with Gasteiger partial charge in [0, 0.05) is 5.56 Å². The minimum Gasteiger partial charge on any atom is -0.491 e. The Hall–Kier alpha value is -3.07. The van der Waals surface area contributed by atoms with Crippen LogP contribution in [0.2, 0.25) is 0 Å². The maximum absolute atomic E-state index is 12.3. The molecule has 0 saturated heterocycles. The van der Waals surface area contributed by atoms with Crippen LogP contribution >= 0.6 is 0 Å². The van der Waals surface area contributed by atoms with Crippen molar-refractivity contribution in [1.82, 2.24) is 14.8 Å². The lowest BCUT2D eigenvalue weighted by Gasteiger charge is -2.11. The van der Waals surface area contributed by atoms with Crippen LogP contribution in [0.3, 0.4) is 0 Å². The van der Waals surface area contributed by atoms with Gasteiger partial charge in [-0.05, 0) is 62.4 Å². The smallest absolute Gasteiger partial charge is 0.491 e. The van der Waals surface area contributed by atoms with Gasteiger partial charge in [-0.25, -0.2) is 9.67 Å². The van der Waals surface area contributed by atoms with Crippen LogP contribution in [-0.2, 0) is 6.61 Å². The summed E-state index contributed by atoms with van der Waals surface area (Å²) in [6.45, 7) is 3.47. The number of hydrogen-bond acceptors (Lipinski definition) is 5. The van der Waals surface area contributed by atoms with Crippen molar-refractivity contribution in [2.45, 2.75) is 32.9 Å². The molecule has 0 unspecified atom stereocenters. The highest BCUT2D eigenvalue weighted by molar-refractivity contribution is 5.59. The first-order chi connectivity index (χ1) is 13.2. The lowest BCUT2D eigenvalue weighted by molar-refractivity contribution is -0.274. The van der Waals surface area contributed by atoms with E-state index in [4.69, 9.17) is 4.74 Å². The van der Waals surface area contributed by atoms with Gasteiger partial charge >= 0.3 is 6.36 Å². The minimum atomic E-state index is -4.76. The number of halogens is 3. The summed E-state index contributed by atoms with van der Waals surface area (Å²) in [6, 6.07) is 12.4. The van der Waals surface area contributed by atoms with Crippen molar-refractivity contribution < 1.29 is 27.8 Å². The number of ether oxygens (including phenoxy) is 2. The predicted molar refractivity (Wildman–Crippen MR) is 95.2 cm³/mol. The zero-order chi connectivity index (χ0) is 20.3. The van der Waals surface area contributed by atoms with Gasteiger partial charge in [-0.1, -0.05) is 0 Å². The molecule has 3 aromatic rings. The molecule has 148 valence electrons. The summed E-state index contributed by atoms with van der Waals surface area (Å²) in [4.78, 5) is 4.26. The van der Waals surface area contributed by atoms with Crippen LogP contribution in [0.1, 0.15) is 19.7 Å². The normalized spacial score (nSPS) is 11.7. The molecule has 0 spiro atoms. The van der Waals surface area contributed by atoms with Crippen molar-refractivity contribution in [3.63, 3.8) is 0 Å². The molecule has 6 nitrogen and oxygen atoms in total. The Labute approximate surface area is 159 Å². The number of nitrogens with zero attached hydrogens (tertiary/aromatic N) is 3. The zero-order valence-corrected chi connectivity index (χ0v) is 15.1. The van der Waals surface area contributed by atoms with Crippen molar-refractivity contribution in [3.8, 4) is 28.6 Å². The van der Waals surface area contributed by atoms with Crippen LogP contribution in [-0.4, -0.2) is 32.3 Å². The first-order valence-corrected chi connectivity index (χ1v) is 8.45. The lowest BCUT2D eigenvalue weighted by atomic mass is 10.2. The number of aliphatic hydroxyl groups is 1. The molecule has 1 aromatic heterocycles. The summed E-state index contributed by atoms with van der Waals surface area (Å²) < 4.78 is 48.0. The van der Waals surface area contributed by atoms with Crippen LogP contribution in [0, 0.1) is 0 Å². The van der Waals surface area contributed by atoms with E-state index < -0.39 is 6.36 Å². The van der Waals surface area contributed by atoms with E-state index in [0.717, 1.165) is 0 Å². The van der Waals surface area contributed by atoms with E-state index in [1.165, 1.54) is 28.9 Å². The number of aromatic nitrogens is 3. The summed E-state index contributed by atoms with van der Waals surface area (Å²) in [7, 11) is 0. The van der Waals surface area contributed by atoms with E-state index in [1.54, 1.807) is 24.3 Å². The fourth-order valence-electron chi connectivity index (χ4n) is 2.53. The Kier molecular flexibility index (Phi) is 5.55. The van der Waals surface area contributed by atoms with Crippen molar-refractivity contribution in [2.24, 2.45) is 0 Å². The molecular weight excluding hydrogens is 375 g/mol. The molecule has 0 aliphatic carbocycles. The number of benzene rings is 2. The largest absolute Gasteiger partial charge is 0.573 e. The van der Waals surface area contributed by atoms with Gasteiger partial charge in [0.15, 0.2) is 11.6 Å². The highest BCUT2D eigenvalue weighted by atomic mass is 19.4. The molecule has 0 radical (unpaired) electrons. The third-order valence-corrected chi connectivity index (χ3v) is 3.59. The van der Waals surface area contributed by atoms with Gasteiger partial charge in [-0.3, -0.25) is 0 Å². The van der Waals surface area contributed by atoms with Gasteiger partial charge in [0.2, 0.25) is 0 Å². The van der Waals surface area contributed by atoms with E-state index in [9.17, 15) is 18.3 Å². The first-order valence-electron chi connectivity index (χ1n) is 8.45. The van der Waals surface area contributed by atoms with Gasteiger partial charge in [0.1, 0.15) is 18.1 Å². The second kappa shape index (κ2) is 7.89. The second-order valence-corrected chi connectivity index (χ2v) is 6.15. The molecule has 0 bridgehead atoms. The summed E-state index contributed by atoms with van der Waals surface area (Å²) >= 11 is 0. The highest BCUT2D eigenvalue weighted by Gasteiger charge is 2.31. The quantitative estimate of drug-likeness (QED) is 0.683. The van der Waals surface area contributed by atoms with Crippen LogP contribution in [0.15, 0.2) is 48.5 Å². The van der Waals surface area contributed by atoms with Crippen LogP contribution in [0.25, 0.3) is 17.1 Å². The molecular formula is C19H18F3N3O3. The molecule has 0 saturated carbocycles. The van der Waals surface area contributed by atoms with E-state index >= 15 is 0 Å². The third kappa shape index (κ3) is 4.80. The van der Waals surface area contributed by atoms with Gasteiger partial charge in [0.25, 0.3) is 0 Å². The topological polar surface area (TPSA) is 69.4 Å². The number of alkyl halides is 3. The SMILES string of the molecule is CC(C)Oc1ccc(-n2nc(CO)nc2-c2ccc(OC(F)(F)F)cc2)cc1. The van der Waals surface area contributed by atoms with Gasteiger partial charge in [-0.2, -0.15) is 0 Å². The molecule has 0 aliphatic rings. The number of rotatable bonds is 6. The van der Waals surface area contributed by atoms with E-state index in [1.807, 2.05) is 13.8 Å². The lowest BCUT2D eigenvalue weighted by Crippen LogP contribution is -2.16. The number of hydrogen-bond donors (Lipinski definition) is 1. The molecule has 2 aromatic carbocycles. The maximum Gasteiger partial charge on any atom is 0.573 e. The molecule has 0 atom stereocenters. The van der Waals surface area contributed by atoms with Crippen molar-refractivity contribution in [1.29, 1.82) is 0 Å². The van der Waals surface area contributed by atoms with Gasteiger partial charge in [-0.15, -0.1) is 18.3 Å². The van der Waals surface area contributed by atoms with Crippen molar-refractivity contribution in [3.05, 3.63) is 54.4 Å². The average Bonchev–Trinajstić information content (AvgIpc) is 3.05. The fraction of sp³-hybridized carbons (Fsp3) is 0.263. The molecule has 1 N–H and O–H groups in total. The Morgan fingerprint density at radius 1 is 1.00 bits per heavy atom. The van der Waals surface area contributed by atoms with E-state index in [-0.39, 0.29) is 24.3 Å². The Bertz CT molecular complexity index is 920. The predicted octanol–water partition coefficient (Wildman–Crippen LogP) is 4.11. The average molecular weight is 393 g/mol. The Morgan fingerprint density at radius 2 is 1.61 bits per heavy atom. The Morgan fingerprint density at radius 3 is 2.14 bits per heavy atom. The van der Waals surface area contributed by atoms with E-state index in [0.29, 0.717) is 22.8 Å². The third-order valence-electron chi connectivity index (χ3n) is 3.59. The van der Waals surface area contributed by atoms with E-state index in [2.05, 4.69) is 14.8 Å². The monoisotopic (exact) mass is 393 g/mol. The Balaban J connectivity index is 1.93. The van der Waals surface area contributed by atoms with Gasteiger partial charge in [0.05, 0.1) is 11.8 Å². The van der Waals surface area contributed by atoms with Crippen LogP contribution < -0.4 is 9.47 Å². The standard InChI is InChI=1S/C19H18F3N3O3/c1-12(2)27-15-9-5-14(6-10-15)25-18(23-17(11-26)24-25)13-3-7-16(8-4-13)28-19(20,21)22/h3-10,12,26H,11H2,1-2H3. The van der Waals surface area contributed by atoms with Crippen molar-refractivity contribution >= 4 is 0 Å². The van der Waals surface area contributed by atoms with Gasteiger partial charge < -0.3 is 14.6 Å². The molecule has 0 aliphatic heterocycles. The summed E-state index contributed by atoms with van der Waals surface area (Å²) in [5.74, 6) is 0.921. The highest BCUT2D eigenvalue weighted by Crippen LogP contribution is 2.27. The van der Waals surface area contributed by atoms with Crippen LogP contribution in [0.4, 0.5) is 13.2 Å². The molecule has 3 rings (SSSR count). The summed E-state index contributed by atoms with van der Waals surface area (Å²) in [5.41, 5.74) is 1.18. The molecule has 0 amide bonds. The maximum atomic E-state index is 12.3. The molecule has 0 fully saturated rings. The first kappa shape index (κ1) is 19.7. The van der Waals surface area contributed by atoms with Crippen LogP contribution in [0.5, 0.6) is 11.5 Å². The second-order valence-electron chi connectivity index (χ2n) is 6.15. The van der Waals surface area contributed by atoms with Crippen molar-refractivity contribution in [2.75, 3.05) is 0 Å². The summed E-state index contributed by atoms with van der Waals surface area (Å²) in [6.07, 6.45) is -4.73. The minimum absolute atomic E-state index is 0.0335. The molecule has 1 heterocycles. The molecule has 28 heavy (non-hydrogen) atoms. The fourth-order valence-corrected chi connectivity index (χ4v) is 2.53. The number of aliphatic hydroxyl groups excluding tert-OH is 1. The molecule has 9 heteroatoms.